The van der Waals surface area contributed by atoms with E-state index < -0.39 is 0 Å². The molecule has 0 radical (unpaired) electrons. The van der Waals surface area contributed by atoms with Crippen LogP contribution in [0, 0.1) is 0 Å². The summed E-state index contributed by atoms with van der Waals surface area (Å²) in [7, 11) is 0. The van der Waals surface area contributed by atoms with Gasteiger partial charge < -0.3 is 14.6 Å². The number of hydrogen-bond donors (Lipinski definition) is 1. The third kappa shape index (κ3) is 4.83. The Kier molecular flexibility index (Phi) is 5.86. The van der Waals surface area contributed by atoms with Crippen molar-refractivity contribution >= 4 is 27.5 Å². The predicted molar refractivity (Wildman–Crippen MR) is 105 cm³/mol. The van der Waals surface area contributed by atoms with Crippen molar-refractivity contribution in [2.75, 3.05) is 5.32 Å². The van der Waals surface area contributed by atoms with Crippen molar-refractivity contribution in [3.8, 4) is 11.5 Å². The Labute approximate surface area is 159 Å². The number of aromatic nitrogens is 1. The first kappa shape index (κ1) is 17.9. The molecule has 0 aliphatic heterocycles. The van der Waals surface area contributed by atoms with Gasteiger partial charge in [0.2, 0.25) is 5.91 Å². The molecule has 1 aromatic heterocycles. The number of ether oxygens (including phenoxy) is 1. The highest BCUT2D eigenvalue weighted by atomic mass is 79.9. The summed E-state index contributed by atoms with van der Waals surface area (Å²) in [5.41, 5.74) is 0.441. The molecule has 0 saturated heterocycles. The Morgan fingerprint density at radius 2 is 1.73 bits per heavy atom. The predicted octanol–water partition coefficient (Wildman–Crippen LogP) is 4.43. The van der Waals surface area contributed by atoms with Gasteiger partial charge in [0.15, 0.2) is 5.75 Å². The molecule has 0 spiro atoms. The number of anilines is 1. The highest BCUT2D eigenvalue weighted by Gasteiger charge is 2.09. The van der Waals surface area contributed by atoms with Gasteiger partial charge in [0.25, 0.3) is 5.56 Å². The number of benzene rings is 2. The van der Waals surface area contributed by atoms with Gasteiger partial charge in [-0.15, -0.1) is 0 Å². The third-order valence-corrected chi connectivity index (χ3v) is 4.13. The lowest BCUT2D eigenvalue weighted by Gasteiger charge is -2.12. The van der Waals surface area contributed by atoms with Gasteiger partial charge in [0.05, 0.1) is 5.69 Å². The second-order valence-electron chi connectivity index (χ2n) is 5.59. The minimum absolute atomic E-state index is 0.145. The molecular formula is C20H17BrN2O3. The molecule has 26 heavy (non-hydrogen) atoms. The maximum atomic E-state index is 12.3. The SMILES string of the molecule is O=C(CCn1cc(Br)ccc1=O)Nc1ccccc1Oc1ccccc1. The van der Waals surface area contributed by atoms with Gasteiger partial charge >= 0.3 is 0 Å². The molecule has 132 valence electrons. The van der Waals surface area contributed by atoms with E-state index in [0.717, 1.165) is 4.47 Å². The van der Waals surface area contributed by atoms with Crippen LogP contribution >= 0.6 is 15.9 Å². The summed E-state index contributed by atoms with van der Waals surface area (Å²) >= 11 is 3.32. The molecule has 3 rings (SSSR count). The quantitative estimate of drug-likeness (QED) is 0.651. The number of carbonyl (C=O) groups excluding carboxylic acids is 1. The summed E-state index contributed by atoms with van der Waals surface area (Å²) in [5.74, 6) is 1.06. The molecule has 3 aromatic rings. The molecule has 1 amide bonds. The summed E-state index contributed by atoms with van der Waals surface area (Å²) in [6, 6.07) is 19.7. The lowest BCUT2D eigenvalue weighted by atomic mass is 10.2. The normalized spacial score (nSPS) is 10.3. The van der Waals surface area contributed by atoms with Gasteiger partial charge in [0, 0.05) is 29.7 Å². The zero-order valence-corrected chi connectivity index (χ0v) is 15.5. The Balaban J connectivity index is 1.66. The van der Waals surface area contributed by atoms with Crippen molar-refractivity contribution in [3.63, 3.8) is 0 Å². The molecule has 5 nitrogen and oxygen atoms in total. The van der Waals surface area contributed by atoms with E-state index in [1.54, 1.807) is 24.4 Å². The second kappa shape index (κ2) is 8.49. The molecule has 0 fully saturated rings. The number of hydrogen-bond acceptors (Lipinski definition) is 3. The summed E-state index contributed by atoms with van der Waals surface area (Å²) < 4.78 is 8.12. The number of para-hydroxylation sites is 3. The van der Waals surface area contributed by atoms with E-state index in [2.05, 4.69) is 21.2 Å². The minimum Gasteiger partial charge on any atom is -0.455 e. The number of amides is 1. The molecule has 1 heterocycles. The van der Waals surface area contributed by atoms with Crippen LogP contribution < -0.4 is 15.6 Å². The van der Waals surface area contributed by atoms with Crippen LogP contribution in [0.4, 0.5) is 5.69 Å². The van der Waals surface area contributed by atoms with Crippen LogP contribution in [-0.2, 0) is 11.3 Å². The Bertz CT molecular complexity index is 955. The first-order chi connectivity index (χ1) is 12.6. The summed E-state index contributed by atoms with van der Waals surface area (Å²) in [6.07, 6.45) is 1.85. The highest BCUT2D eigenvalue weighted by Crippen LogP contribution is 2.29. The number of pyridine rings is 1. The average molecular weight is 413 g/mol. The van der Waals surface area contributed by atoms with Gasteiger partial charge in [-0.05, 0) is 46.3 Å². The van der Waals surface area contributed by atoms with Gasteiger partial charge in [-0.25, -0.2) is 0 Å². The van der Waals surface area contributed by atoms with Crippen molar-refractivity contribution in [1.82, 2.24) is 4.57 Å². The monoisotopic (exact) mass is 412 g/mol. The molecule has 0 aliphatic rings. The average Bonchev–Trinajstić information content (AvgIpc) is 2.65. The molecule has 0 atom stereocenters. The van der Waals surface area contributed by atoms with E-state index in [9.17, 15) is 9.59 Å². The number of carbonyl (C=O) groups is 1. The van der Waals surface area contributed by atoms with Crippen molar-refractivity contribution in [1.29, 1.82) is 0 Å². The zero-order valence-electron chi connectivity index (χ0n) is 13.9. The summed E-state index contributed by atoms with van der Waals surface area (Å²) in [4.78, 5) is 24.1. The Morgan fingerprint density at radius 3 is 2.54 bits per heavy atom. The van der Waals surface area contributed by atoms with Crippen LogP contribution in [0.3, 0.4) is 0 Å². The number of nitrogens with one attached hydrogen (secondary N) is 1. The van der Waals surface area contributed by atoms with Gasteiger partial charge in [-0.3, -0.25) is 9.59 Å². The number of rotatable bonds is 6. The summed E-state index contributed by atoms with van der Waals surface area (Å²) in [6.45, 7) is 0.297. The van der Waals surface area contributed by atoms with Gasteiger partial charge in [-0.1, -0.05) is 30.3 Å². The van der Waals surface area contributed by atoms with Crippen LogP contribution in [0.25, 0.3) is 0 Å². The van der Waals surface area contributed by atoms with E-state index in [4.69, 9.17) is 4.74 Å². The molecule has 0 bridgehead atoms. The fourth-order valence-corrected chi connectivity index (χ4v) is 2.77. The Morgan fingerprint density at radius 1 is 1.00 bits per heavy atom. The van der Waals surface area contributed by atoms with E-state index in [0.29, 0.717) is 23.7 Å². The van der Waals surface area contributed by atoms with E-state index in [-0.39, 0.29) is 17.9 Å². The first-order valence-electron chi connectivity index (χ1n) is 8.09. The Hall–Kier alpha value is -2.86. The van der Waals surface area contributed by atoms with Crippen LogP contribution in [0.15, 0.2) is 82.2 Å². The van der Waals surface area contributed by atoms with E-state index >= 15 is 0 Å². The number of aryl methyl sites for hydroxylation is 1. The van der Waals surface area contributed by atoms with Crippen LogP contribution in [0.5, 0.6) is 11.5 Å². The topological polar surface area (TPSA) is 60.3 Å². The maximum Gasteiger partial charge on any atom is 0.250 e. The van der Waals surface area contributed by atoms with Crippen molar-refractivity contribution in [3.05, 3.63) is 87.8 Å². The fourth-order valence-electron chi connectivity index (χ4n) is 2.39. The molecular weight excluding hydrogens is 396 g/mol. The summed E-state index contributed by atoms with van der Waals surface area (Å²) in [5, 5.41) is 2.84. The van der Waals surface area contributed by atoms with E-state index in [1.165, 1.54) is 10.6 Å². The largest absolute Gasteiger partial charge is 0.455 e. The lowest BCUT2D eigenvalue weighted by molar-refractivity contribution is -0.116. The standard InChI is InChI=1S/C20H17BrN2O3/c21-15-10-11-20(25)23(14-15)13-12-19(24)22-17-8-4-5-9-18(17)26-16-6-2-1-3-7-16/h1-11,14H,12-13H2,(H,22,24). The fraction of sp³-hybridized carbons (Fsp3) is 0.100. The molecule has 1 N–H and O–H groups in total. The first-order valence-corrected chi connectivity index (χ1v) is 8.89. The molecule has 6 heteroatoms. The maximum absolute atomic E-state index is 12.3. The zero-order chi connectivity index (χ0) is 18.4. The minimum atomic E-state index is -0.194. The van der Waals surface area contributed by atoms with E-state index in [1.807, 2.05) is 42.5 Å². The smallest absolute Gasteiger partial charge is 0.250 e. The number of halogens is 1. The van der Waals surface area contributed by atoms with Gasteiger partial charge in [0.1, 0.15) is 5.75 Å². The van der Waals surface area contributed by atoms with Crippen molar-refractivity contribution < 1.29 is 9.53 Å². The van der Waals surface area contributed by atoms with Crippen LogP contribution in [0.1, 0.15) is 6.42 Å². The molecule has 0 aliphatic carbocycles. The third-order valence-electron chi connectivity index (χ3n) is 3.66. The van der Waals surface area contributed by atoms with Crippen LogP contribution in [0.2, 0.25) is 0 Å². The van der Waals surface area contributed by atoms with Gasteiger partial charge in [-0.2, -0.15) is 0 Å². The molecule has 0 unspecified atom stereocenters. The number of nitrogens with zero attached hydrogens (tertiary/aromatic N) is 1. The molecule has 0 saturated carbocycles. The van der Waals surface area contributed by atoms with Crippen molar-refractivity contribution in [2.24, 2.45) is 0 Å². The lowest BCUT2D eigenvalue weighted by Crippen LogP contribution is -2.22. The molecule has 2 aromatic carbocycles. The van der Waals surface area contributed by atoms with Crippen LogP contribution in [-0.4, -0.2) is 10.5 Å². The van der Waals surface area contributed by atoms with Crippen molar-refractivity contribution in [2.45, 2.75) is 13.0 Å². The second-order valence-corrected chi connectivity index (χ2v) is 6.50. The highest BCUT2D eigenvalue weighted by molar-refractivity contribution is 9.10.